The van der Waals surface area contributed by atoms with Crippen LogP contribution in [-0.2, 0) is 25.6 Å². The van der Waals surface area contributed by atoms with Gasteiger partial charge in [0.1, 0.15) is 7.60 Å². The molecule has 1 N–H and O–H groups in total. The molecular formula is C17H30NiO4P-. The van der Waals surface area contributed by atoms with Crippen LogP contribution in [0.4, 0.5) is 0 Å². The molecule has 1 aliphatic carbocycles. The zero-order valence-electron chi connectivity index (χ0n) is 15.2. The summed E-state index contributed by atoms with van der Waals surface area (Å²) in [4.78, 5) is 12.0. The fourth-order valence-electron chi connectivity index (χ4n) is 2.54. The van der Waals surface area contributed by atoms with Crippen molar-refractivity contribution in [2.24, 2.45) is 10.8 Å². The minimum Gasteiger partial charge on any atom is -0.778 e. The van der Waals surface area contributed by atoms with E-state index >= 15 is 0 Å². The van der Waals surface area contributed by atoms with Crippen molar-refractivity contribution in [2.75, 3.05) is 12.8 Å². The van der Waals surface area contributed by atoms with Gasteiger partial charge in [0.2, 0.25) is 0 Å². The molecule has 138 valence electrons. The predicted octanol–water partition coefficient (Wildman–Crippen LogP) is 3.65. The topological polar surface area (TPSA) is 69.6 Å². The molecule has 0 aliphatic heterocycles. The summed E-state index contributed by atoms with van der Waals surface area (Å²) in [6.45, 7) is 14.1. The molecule has 23 heavy (non-hydrogen) atoms. The molecule has 0 bridgehead atoms. The monoisotopic (exact) mass is 387 g/mol. The van der Waals surface area contributed by atoms with Gasteiger partial charge in [0.25, 0.3) is 0 Å². The van der Waals surface area contributed by atoms with E-state index in [9.17, 15) is 14.6 Å². The first-order chi connectivity index (χ1) is 9.69. The van der Waals surface area contributed by atoms with E-state index in [1.165, 1.54) is 0 Å². The molecule has 2 unspecified atom stereocenters. The van der Waals surface area contributed by atoms with Gasteiger partial charge >= 0.3 is 0 Å². The first kappa shape index (κ1) is 23.1. The molecule has 0 fully saturated rings. The third-order valence-electron chi connectivity index (χ3n) is 3.87. The molecule has 0 spiro atoms. The Labute approximate surface area is 150 Å². The maximum Gasteiger partial charge on any atom is 0.138 e. The zero-order valence-corrected chi connectivity index (χ0v) is 17.1. The van der Waals surface area contributed by atoms with Crippen LogP contribution in [0.2, 0.25) is 0 Å². The third kappa shape index (κ3) is 6.84. The van der Waals surface area contributed by atoms with Crippen LogP contribution < -0.4 is 4.89 Å². The van der Waals surface area contributed by atoms with Crippen molar-refractivity contribution in [1.82, 2.24) is 0 Å². The van der Waals surface area contributed by atoms with E-state index in [-0.39, 0.29) is 40.1 Å². The largest absolute Gasteiger partial charge is 0.778 e. The normalized spacial score (nSPS) is 25.1. The Morgan fingerprint density at radius 2 is 1.78 bits per heavy atom. The second-order valence-electron chi connectivity index (χ2n) is 8.24. The first-order valence-corrected chi connectivity index (χ1v) is 9.53. The SMILES string of the molecule is CCOP(=O)([O-])CC1(O)C=C(C(C)(C)C)C=C(C(C)(C)C)C1.[Ni]. The van der Waals surface area contributed by atoms with Gasteiger partial charge in [-0.1, -0.05) is 53.2 Å². The summed E-state index contributed by atoms with van der Waals surface area (Å²) in [5.41, 5.74) is 0.314. The van der Waals surface area contributed by atoms with Crippen molar-refractivity contribution in [2.45, 2.75) is 60.5 Å². The van der Waals surface area contributed by atoms with Crippen molar-refractivity contribution < 1.29 is 35.6 Å². The summed E-state index contributed by atoms with van der Waals surface area (Å²) < 4.78 is 16.8. The molecule has 0 saturated carbocycles. The minimum absolute atomic E-state index is 0. The van der Waals surface area contributed by atoms with Crippen LogP contribution >= 0.6 is 7.60 Å². The molecular weight excluding hydrogens is 358 g/mol. The Balaban J connectivity index is 0.00000484. The average Bonchev–Trinajstić information content (AvgIpc) is 2.23. The van der Waals surface area contributed by atoms with Gasteiger partial charge in [0.05, 0.1) is 12.2 Å². The molecule has 1 rings (SSSR count). The van der Waals surface area contributed by atoms with E-state index in [1.54, 1.807) is 13.0 Å². The van der Waals surface area contributed by atoms with E-state index in [2.05, 4.69) is 47.6 Å². The number of rotatable bonds is 4. The van der Waals surface area contributed by atoms with Crippen LogP contribution in [0, 0.1) is 10.8 Å². The maximum absolute atomic E-state index is 12.0. The number of hydrogen-bond acceptors (Lipinski definition) is 4. The van der Waals surface area contributed by atoms with Gasteiger partial charge in [-0.05, 0) is 29.4 Å². The van der Waals surface area contributed by atoms with Crippen molar-refractivity contribution in [1.29, 1.82) is 0 Å². The van der Waals surface area contributed by atoms with E-state index in [1.807, 2.05) is 0 Å². The van der Waals surface area contributed by atoms with E-state index in [0.29, 0.717) is 6.42 Å². The van der Waals surface area contributed by atoms with Crippen LogP contribution in [0.15, 0.2) is 23.3 Å². The van der Waals surface area contributed by atoms with Crippen LogP contribution in [0.5, 0.6) is 0 Å². The quantitative estimate of drug-likeness (QED) is 0.590. The number of allylic oxidation sites excluding steroid dienone is 2. The second-order valence-corrected chi connectivity index (χ2v) is 10.0. The van der Waals surface area contributed by atoms with Crippen molar-refractivity contribution in [3.8, 4) is 0 Å². The summed E-state index contributed by atoms with van der Waals surface area (Å²) in [7, 11) is -4.06. The Morgan fingerprint density at radius 1 is 1.26 bits per heavy atom. The second kappa shape index (κ2) is 7.54. The van der Waals surface area contributed by atoms with Gasteiger partial charge < -0.3 is 19.1 Å². The minimum atomic E-state index is -4.06. The smallest absolute Gasteiger partial charge is 0.138 e. The van der Waals surface area contributed by atoms with E-state index in [4.69, 9.17) is 4.52 Å². The van der Waals surface area contributed by atoms with Crippen LogP contribution in [-0.4, -0.2) is 23.5 Å². The Morgan fingerprint density at radius 3 is 2.17 bits per heavy atom. The molecule has 0 aromatic heterocycles. The Bertz CT molecular complexity index is 526. The van der Waals surface area contributed by atoms with Crippen molar-refractivity contribution in [3.63, 3.8) is 0 Å². The van der Waals surface area contributed by atoms with Crippen LogP contribution in [0.3, 0.4) is 0 Å². The summed E-state index contributed by atoms with van der Waals surface area (Å²) in [5.74, 6) is 0. The summed E-state index contributed by atoms with van der Waals surface area (Å²) >= 11 is 0. The number of hydrogen-bond donors (Lipinski definition) is 1. The van der Waals surface area contributed by atoms with Gasteiger partial charge in [0.15, 0.2) is 0 Å². The van der Waals surface area contributed by atoms with Crippen LogP contribution in [0.1, 0.15) is 54.9 Å². The third-order valence-corrected chi connectivity index (χ3v) is 5.46. The van der Waals surface area contributed by atoms with Crippen LogP contribution in [0.25, 0.3) is 0 Å². The molecule has 1 aliphatic rings. The number of aliphatic hydroxyl groups is 1. The molecule has 0 aromatic rings. The van der Waals surface area contributed by atoms with Crippen molar-refractivity contribution >= 4 is 7.60 Å². The molecule has 2 atom stereocenters. The molecule has 6 heteroatoms. The van der Waals surface area contributed by atoms with E-state index < -0.39 is 13.2 Å². The maximum atomic E-state index is 12.0. The fraction of sp³-hybridized carbons (Fsp3) is 0.765. The molecule has 4 nitrogen and oxygen atoms in total. The Kier molecular flexibility index (Phi) is 7.57. The van der Waals surface area contributed by atoms with Gasteiger partial charge in [-0.3, -0.25) is 0 Å². The molecule has 0 radical (unpaired) electrons. The summed E-state index contributed by atoms with van der Waals surface area (Å²) in [5, 5.41) is 10.9. The van der Waals surface area contributed by atoms with E-state index in [0.717, 1.165) is 11.1 Å². The van der Waals surface area contributed by atoms with Gasteiger partial charge in [0, 0.05) is 29.1 Å². The fourth-order valence-corrected chi connectivity index (χ4v) is 3.90. The summed E-state index contributed by atoms with van der Waals surface area (Å²) in [6.07, 6.45) is 3.73. The molecule has 0 aromatic carbocycles. The van der Waals surface area contributed by atoms with Gasteiger partial charge in [-0.15, -0.1) is 0 Å². The van der Waals surface area contributed by atoms with Gasteiger partial charge in [-0.25, -0.2) is 0 Å². The standard InChI is InChI=1S/C17H31O4P.Ni/c1-8-21-22(19,20)12-17(18)10-13(15(2,3)4)9-14(11-17)16(5,6)7;/h9-10,18H,8,11-12H2,1-7H3,(H,19,20);/p-1. The predicted molar refractivity (Wildman–Crippen MR) is 88.7 cm³/mol. The molecule has 0 saturated heterocycles. The first-order valence-electron chi connectivity index (χ1n) is 7.80. The Hall–Kier alpha value is 0.0835. The zero-order chi connectivity index (χ0) is 17.4. The molecule has 0 heterocycles. The van der Waals surface area contributed by atoms with Crippen molar-refractivity contribution in [3.05, 3.63) is 23.3 Å². The van der Waals surface area contributed by atoms with Gasteiger partial charge in [-0.2, -0.15) is 0 Å². The molecule has 0 amide bonds. The average molecular weight is 388 g/mol. The summed E-state index contributed by atoms with van der Waals surface area (Å²) in [6, 6.07) is 0.